The summed E-state index contributed by atoms with van der Waals surface area (Å²) in [5.74, 6) is -0.123. The van der Waals surface area contributed by atoms with E-state index in [1.54, 1.807) is 4.90 Å². The van der Waals surface area contributed by atoms with Crippen molar-refractivity contribution in [1.29, 1.82) is 0 Å². The maximum absolute atomic E-state index is 11.8. The van der Waals surface area contributed by atoms with Crippen molar-refractivity contribution in [2.24, 2.45) is 0 Å². The van der Waals surface area contributed by atoms with Gasteiger partial charge in [-0.1, -0.05) is 18.2 Å². The van der Waals surface area contributed by atoms with E-state index in [4.69, 9.17) is 4.74 Å². The van der Waals surface area contributed by atoms with Crippen LogP contribution in [0.25, 0.3) is 0 Å². The number of amides is 2. The molecule has 1 fully saturated rings. The summed E-state index contributed by atoms with van der Waals surface area (Å²) in [6.07, 6.45) is 1.39. The van der Waals surface area contributed by atoms with Gasteiger partial charge in [0.2, 0.25) is 11.8 Å². The molecule has 1 aromatic rings. The molecule has 0 saturated carbocycles. The Hall–Kier alpha value is -1.88. The van der Waals surface area contributed by atoms with Crippen molar-refractivity contribution < 1.29 is 14.3 Å². The Morgan fingerprint density at radius 1 is 1.35 bits per heavy atom. The summed E-state index contributed by atoms with van der Waals surface area (Å²) >= 11 is 0. The van der Waals surface area contributed by atoms with Crippen molar-refractivity contribution >= 4 is 17.5 Å². The third-order valence-electron chi connectivity index (χ3n) is 3.30. The number of nitrogens with one attached hydrogen (secondary N) is 1. The number of rotatable bonds is 5. The number of hydrogen-bond acceptors (Lipinski definition) is 3. The molecule has 1 atom stereocenters. The minimum Gasteiger partial charge on any atom is -0.368 e. The molecule has 5 nitrogen and oxygen atoms in total. The van der Waals surface area contributed by atoms with Crippen LogP contribution in [-0.4, -0.2) is 37.6 Å². The molecule has 2 rings (SSSR count). The summed E-state index contributed by atoms with van der Waals surface area (Å²) in [7, 11) is 0. The lowest BCUT2D eigenvalue weighted by Gasteiger charge is -2.21. The number of hydrogen-bond donors (Lipinski definition) is 1. The standard InChI is InChI=1S/C15H20N2O3/c1-12(18)17(13-6-3-2-4-7-13)10-9-16-15(19)14-8-5-11-20-14/h2-4,6-7,14H,5,8-11H2,1H3,(H,16,19). The third kappa shape index (κ3) is 3.81. The average molecular weight is 276 g/mol. The molecule has 1 aliphatic rings. The molecule has 5 heteroatoms. The van der Waals surface area contributed by atoms with Gasteiger partial charge >= 0.3 is 0 Å². The topological polar surface area (TPSA) is 58.6 Å². The van der Waals surface area contributed by atoms with Gasteiger partial charge in [0.25, 0.3) is 0 Å². The molecule has 1 N–H and O–H groups in total. The van der Waals surface area contributed by atoms with Crippen LogP contribution in [0.15, 0.2) is 30.3 Å². The van der Waals surface area contributed by atoms with E-state index in [1.807, 2.05) is 30.3 Å². The van der Waals surface area contributed by atoms with Gasteiger partial charge in [-0.3, -0.25) is 9.59 Å². The molecular formula is C15H20N2O3. The van der Waals surface area contributed by atoms with Gasteiger partial charge in [-0.05, 0) is 25.0 Å². The van der Waals surface area contributed by atoms with Gasteiger partial charge in [0.05, 0.1) is 0 Å². The first kappa shape index (κ1) is 14.5. The van der Waals surface area contributed by atoms with E-state index in [0.29, 0.717) is 19.7 Å². The molecule has 1 saturated heterocycles. The Morgan fingerprint density at radius 3 is 2.70 bits per heavy atom. The Bertz CT molecular complexity index is 455. The Kier molecular flexibility index (Phi) is 5.12. The van der Waals surface area contributed by atoms with Crippen LogP contribution in [0.3, 0.4) is 0 Å². The Labute approximate surface area is 118 Å². The van der Waals surface area contributed by atoms with Crippen molar-refractivity contribution in [3.63, 3.8) is 0 Å². The quantitative estimate of drug-likeness (QED) is 0.882. The fourth-order valence-corrected chi connectivity index (χ4v) is 2.27. The second-order valence-electron chi connectivity index (χ2n) is 4.80. The van der Waals surface area contributed by atoms with Crippen LogP contribution in [0.1, 0.15) is 19.8 Å². The van der Waals surface area contributed by atoms with Crippen molar-refractivity contribution in [3.8, 4) is 0 Å². The predicted molar refractivity (Wildman–Crippen MR) is 76.5 cm³/mol. The van der Waals surface area contributed by atoms with Crippen molar-refractivity contribution in [1.82, 2.24) is 5.32 Å². The van der Waals surface area contributed by atoms with E-state index in [9.17, 15) is 9.59 Å². The first-order chi connectivity index (χ1) is 9.68. The normalized spacial score (nSPS) is 17.8. The summed E-state index contributed by atoms with van der Waals surface area (Å²) < 4.78 is 5.31. The first-order valence-electron chi connectivity index (χ1n) is 6.91. The molecule has 0 radical (unpaired) electrons. The average Bonchev–Trinajstić information content (AvgIpc) is 2.98. The fraction of sp³-hybridized carbons (Fsp3) is 0.467. The van der Waals surface area contributed by atoms with Crippen LogP contribution in [0, 0.1) is 0 Å². The zero-order valence-corrected chi connectivity index (χ0v) is 11.7. The van der Waals surface area contributed by atoms with E-state index in [-0.39, 0.29) is 17.9 Å². The number of anilines is 1. The lowest BCUT2D eigenvalue weighted by molar-refractivity contribution is -0.130. The van der Waals surface area contributed by atoms with Gasteiger partial charge in [-0.25, -0.2) is 0 Å². The Balaban J connectivity index is 1.84. The van der Waals surface area contributed by atoms with E-state index < -0.39 is 0 Å². The van der Waals surface area contributed by atoms with Crippen LogP contribution in [0.5, 0.6) is 0 Å². The van der Waals surface area contributed by atoms with Crippen LogP contribution < -0.4 is 10.2 Å². The SMILES string of the molecule is CC(=O)N(CCNC(=O)C1CCCO1)c1ccccc1. The number of para-hydroxylation sites is 1. The molecule has 1 aromatic carbocycles. The number of carbonyl (C=O) groups is 2. The van der Waals surface area contributed by atoms with Crippen LogP contribution in [0.2, 0.25) is 0 Å². The molecule has 2 amide bonds. The highest BCUT2D eigenvalue weighted by molar-refractivity contribution is 5.91. The lowest BCUT2D eigenvalue weighted by atomic mass is 10.2. The van der Waals surface area contributed by atoms with Crippen molar-refractivity contribution in [3.05, 3.63) is 30.3 Å². The fourth-order valence-electron chi connectivity index (χ4n) is 2.27. The van der Waals surface area contributed by atoms with E-state index in [0.717, 1.165) is 18.5 Å². The number of ether oxygens (including phenoxy) is 1. The smallest absolute Gasteiger partial charge is 0.249 e. The molecule has 0 bridgehead atoms. The van der Waals surface area contributed by atoms with Crippen LogP contribution >= 0.6 is 0 Å². The van der Waals surface area contributed by atoms with E-state index in [2.05, 4.69) is 5.32 Å². The minimum absolute atomic E-state index is 0.0393. The highest BCUT2D eigenvalue weighted by atomic mass is 16.5. The molecule has 0 aliphatic carbocycles. The maximum atomic E-state index is 11.8. The van der Waals surface area contributed by atoms with Gasteiger partial charge < -0.3 is 15.0 Å². The summed E-state index contributed by atoms with van der Waals surface area (Å²) in [6.45, 7) is 3.06. The van der Waals surface area contributed by atoms with Gasteiger partial charge in [0, 0.05) is 32.3 Å². The van der Waals surface area contributed by atoms with Gasteiger partial charge in [-0.2, -0.15) is 0 Å². The molecule has 1 aliphatic heterocycles. The van der Waals surface area contributed by atoms with Crippen molar-refractivity contribution in [2.75, 3.05) is 24.6 Å². The van der Waals surface area contributed by atoms with Gasteiger partial charge in [-0.15, -0.1) is 0 Å². The molecular weight excluding hydrogens is 256 g/mol. The monoisotopic (exact) mass is 276 g/mol. The summed E-state index contributed by atoms with van der Waals surface area (Å²) in [4.78, 5) is 25.1. The van der Waals surface area contributed by atoms with E-state index in [1.165, 1.54) is 6.92 Å². The van der Waals surface area contributed by atoms with Gasteiger partial charge in [0.15, 0.2) is 0 Å². The predicted octanol–water partition coefficient (Wildman–Crippen LogP) is 1.33. The maximum Gasteiger partial charge on any atom is 0.249 e. The molecule has 1 heterocycles. The number of benzene rings is 1. The number of nitrogens with zero attached hydrogens (tertiary/aromatic N) is 1. The molecule has 0 aromatic heterocycles. The number of carbonyl (C=O) groups excluding carboxylic acids is 2. The zero-order valence-electron chi connectivity index (χ0n) is 11.7. The second-order valence-corrected chi connectivity index (χ2v) is 4.80. The Morgan fingerprint density at radius 2 is 2.10 bits per heavy atom. The highest BCUT2D eigenvalue weighted by Gasteiger charge is 2.23. The van der Waals surface area contributed by atoms with Gasteiger partial charge in [0.1, 0.15) is 6.10 Å². The highest BCUT2D eigenvalue weighted by Crippen LogP contribution is 2.13. The van der Waals surface area contributed by atoms with Crippen LogP contribution in [0.4, 0.5) is 5.69 Å². The zero-order chi connectivity index (χ0) is 14.4. The second kappa shape index (κ2) is 7.05. The van der Waals surface area contributed by atoms with Crippen LogP contribution in [-0.2, 0) is 14.3 Å². The molecule has 20 heavy (non-hydrogen) atoms. The minimum atomic E-state index is -0.322. The summed E-state index contributed by atoms with van der Waals surface area (Å²) in [5.41, 5.74) is 0.839. The first-order valence-corrected chi connectivity index (χ1v) is 6.91. The summed E-state index contributed by atoms with van der Waals surface area (Å²) in [6, 6.07) is 9.43. The molecule has 0 spiro atoms. The largest absolute Gasteiger partial charge is 0.368 e. The van der Waals surface area contributed by atoms with E-state index >= 15 is 0 Å². The summed E-state index contributed by atoms with van der Waals surface area (Å²) in [5, 5.41) is 2.82. The molecule has 108 valence electrons. The lowest BCUT2D eigenvalue weighted by Crippen LogP contribution is -2.41. The molecule has 1 unspecified atom stereocenters. The third-order valence-corrected chi connectivity index (χ3v) is 3.30. The van der Waals surface area contributed by atoms with Crippen molar-refractivity contribution in [2.45, 2.75) is 25.9 Å².